The first-order chi connectivity index (χ1) is 7.29. The number of nitrogens with one attached hydrogen (secondary N) is 1. The molecule has 1 atom stereocenters. The van der Waals surface area contributed by atoms with Crippen LogP contribution in [0.1, 0.15) is 37.5 Å². The van der Waals surface area contributed by atoms with E-state index in [1.165, 1.54) is 35.0 Å². The van der Waals surface area contributed by atoms with E-state index in [-0.39, 0.29) is 0 Å². The lowest BCUT2D eigenvalue weighted by Crippen LogP contribution is -2.30. The molecule has 1 fully saturated rings. The van der Waals surface area contributed by atoms with Crippen LogP contribution in [0.2, 0.25) is 0 Å². The lowest BCUT2D eigenvalue weighted by Gasteiger charge is -2.16. The summed E-state index contributed by atoms with van der Waals surface area (Å²) in [5.41, 5.74) is 0. The minimum atomic E-state index is 0.760. The molecule has 1 aromatic rings. The minimum absolute atomic E-state index is 0.760. The van der Waals surface area contributed by atoms with Crippen LogP contribution in [0.15, 0.2) is 15.9 Å². The molecule has 0 radical (unpaired) electrons. The first kappa shape index (κ1) is 11.6. The standard InChI is InChI=1S/C12H18BrNS/c1-2-3-12(9-4-5-9)14-7-11-6-10(13)8-15-11/h6,8-9,12,14H,2-5,7H2,1H3. The Morgan fingerprint density at radius 2 is 2.40 bits per heavy atom. The summed E-state index contributed by atoms with van der Waals surface area (Å²) in [5, 5.41) is 5.86. The van der Waals surface area contributed by atoms with E-state index < -0.39 is 0 Å². The highest BCUT2D eigenvalue weighted by Gasteiger charge is 2.29. The fraction of sp³-hybridized carbons (Fsp3) is 0.667. The fourth-order valence-corrected chi connectivity index (χ4v) is 3.39. The molecule has 84 valence electrons. The Morgan fingerprint density at radius 3 is 2.93 bits per heavy atom. The van der Waals surface area contributed by atoms with Gasteiger partial charge < -0.3 is 5.32 Å². The van der Waals surface area contributed by atoms with Gasteiger partial charge in [0.15, 0.2) is 0 Å². The van der Waals surface area contributed by atoms with Crippen molar-refractivity contribution in [2.45, 2.75) is 45.2 Å². The monoisotopic (exact) mass is 287 g/mol. The Balaban J connectivity index is 1.79. The van der Waals surface area contributed by atoms with E-state index in [9.17, 15) is 0 Å². The highest BCUT2D eigenvalue weighted by molar-refractivity contribution is 9.10. The van der Waals surface area contributed by atoms with Crippen molar-refractivity contribution in [1.82, 2.24) is 5.32 Å². The smallest absolute Gasteiger partial charge is 0.0302 e. The van der Waals surface area contributed by atoms with Crippen LogP contribution < -0.4 is 5.32 Å². The Labute approximate surface area is 104 Å². The molecule has 0 aliphatic heterocycles. The Bertz CT molecular complexity index is 306. The molecule has 1 N–H and O–H groups in total. The molecule has 0 amide bonds. The molecule has 15 heavy (non-hydrogen) atoms. The zero-order valence-electron chi connectivity index (χ0n) is 9.13. The molecule has 0 bridgehead atoms. The summed E-state index contributed by atoms with van der Waals surface area (Å²) in [4.78, 5) is 1.43. The van der Waals surface area contributed by atoms with Crippen LogP contribution in [-0.4, -0.2) is 6.04 Å². The van der Waals surface area contributed by atoms with Crippen molar-refractivity contribution >= 4 is 27.3 Å². The van der Waals surface area contributed by atoms with Crippen molar-refractivity contribution < 1.29 is 0 Å². The second kappa shape index (κ2) is 5.46. The fourth-order valence-electron chi connectivity index (χ4n) is 1.99. The van der Waals surface area contributed by atoms with Gasteiger partial charge in [-0.2, -0.15) is 0 Å². The summed E-state index contributed by atoms with van der Waals surface area (Å²) in [6, 6.07) is 2.98. The van der Waals surface area contributed by atoms with Crippen molar-refractivity contribution in [3.05, 3.63) is 20.8 Å². The van der Waals surface area contributed by atoms with Crippen LogP contribution in [0.25, 0.3) is 0 Å². The summed E-state index contributed by atoms with van der Waals surface area (Å²) in [7, 11) is 0. The van der Waals surface area contributed by atoms with E-state index in [4.69, 9.17) is 0 Å². The molecule has 1 nitrogen and oxygen atoms in total. The highest BCUT2D eigenvalue weighted by atomic mass is 79.9. The van der Waals surface area contributed by atoms with Crippen molar-refractivity contribution in [2.75, 3.05) is 0 Å². The molecule has 3 heteroatoms. The van der Waals surface area contributed by atoms with Crippen LogP contribution in [-0.2, 0) is 6.54 Å². The van der Waals surface area contributed by atoms with E-state index in [1.54, 1.807) is 0 Å². The maximum Gasteiger partial charge on any atom is 0.0302 e. The van der Waals surface area contributed by atoms with E-state index >= 15 is 0 Å². The zero-order chi connectivity index (χ0) is 10.7. The average Bonchev–Trinajstić information content (AvgIpc) is 2.97. The van der Waals surface area contributed by atoms with Gasteiger partial charge >= 0.3 is 0 Å². The molecule has 1 unspecified atom stereocenters. The summed E-state index contributed by atoms with van der Waals surface area (Å²) in [5.74, 6) is 0.966. The van der Waals surface area contributed by atoms with Gasteiger partial charge in [-0.1, -0.05) is 13.3 Å². The van der Waals surface area contributed by atoms with E-state index in [0.29, 0.717) is 0 Å². The summed E-state index contributed by atoms with van der Waals surface area (Å²) in [6.07, 6.45) is 5.50. The van der Waals surface area contributed by atoms with Gasteiger partial charge in [0.05, 0.1) is 0 Å². The third kappa shape index (κ3) is 3.58. The second-order valence-electron chi connectivity index (χ2n) is 4.34. The third-order valence-corrected chi connectivity index (χ3v) is 4.65. The predicted octanol–water partition coefficient (Wildman–Crippen LogP) is 4.18. The Morgan fingerprint density at radius 1 is 1.60 bits per heavy atom. The van der Waals surface area contributed by atoms with Gasteiger partial charge in [-0.3, -0.25) is 0 Å². The van der Waals surface area contributed by atoms with Crippen LogP contribution >= 0.6 is 27.3 Å². The van der Waals surface area contributed by atoms with Crippen molar-refractivity contribution in [1.29, 1.82) is 0 Å². The largest absolute Gasteiger partial charge is 0.309 e. The topological polar surface area (TPSA) is 12.0 Å². The van der Waals surface area contributed by atoms with Crippen molar-refractivity contribution in [2.24, 2.45) is 5.92 Å². The van der Waals surface area contributed by atoms with Crippen molar-refractivity contribution in [3.63, 3.8) is 0 Å². The first-order valence-electron chi connectivity index (χ1n) is 5.76. The summed E-state index contributed by atoms with van der Waals surface area (Å²) in [6.45, 7) is 3.32. The predicted molar refractivity (Wildman–Crippen MR) is 70.3 cm³/mol. The molecule has 1 saturated carbocycles. The normalized spacial score (nSPS) is 18.0. The molecule has 0 aromatic carbocycles. The van der Waals surface area contributed by atoms with E-state index in [0.717, 1.165) is 18.5 Å². The van der Waals surface area contributed by atoms with Gasteiger partial charge in [0.25, 0.3) is 0 Å². The molecule has 0 spiro atoms. The van der Waals surface area contributed by atoms with Gasteiger partial charge in [0.2, 0.25) is 0 Å². The molecule has 1 aromatic heterocycles. The number of hydrogen-bond donors (Lipinski definition) is 1. The Hall–Kier alpha value is 0.140. The molecule has 1 aliphatic carbocycles. The molecule has 1 heterocycles. The lowest BCUT2D eigenvalue weighted by molar-refractivity contribution is 0.431. The van der Waals surface area contributed by atoms with Gasteiger partial charge in [-0.25, -0.2) is 0 Å². The molecule has 2 rings (SSSR count). The molecular formula is C12H18BrNS. The van der Waals surface area contributed by atoms with Crippen LogP contribution in [0.5, 0.6) is 0 Å². The summed E-state index contributed by atoms with van der Waals surface area (Å²) < 4.78 is 1.21. The number of halogens is 1. The number of rotatable bonds is 6. The maximum atomic E-state index is 3.70. The van der Waals surface area contributed by atoms with Crippen LogP contribution in [0.4, 0.5) is 0 Å². The first-order valence-corrected chi connectivity index (χ1v) is 7.43. The summed E-state index contributed by atoms with van der Waals surface area (Å²) >= 11 is 5.33. The molecule has 1 aliphatic rings. The van der Waals surface area contributed by atoms with Crippen LogP contribution in [0, 0.1) is 5.92 Å². The van der Waals surface area contributed by atoms with E-state index in [2.05, 4.69) is 39.6 Å². The SMILES string of the molecule is CCCC(NCc1cc(Br)cs1)C1CC1. The third-order valence-electron chi connectivity index (χ3n) is 2.95. The number of hydrogen-bond acceptors (Lipinski definition) is 2. The zero-order valence-corrected chi connectivity index (χ0v) is 11.5. The van der Waals surface area contributed by atoms with Gasteiger partial charge in [0.1, 0.15) is 0 Å². The minimum Gasteiger partial charge on any atom is -0.309 e. The highest BCUT2D eigenvalue weighted by Crippen LogP contribution is 2.34. The maximum absolute atomic E-state index is 3.70. The van der Waals surface area contributed by atoms with Crippen LogP contribution in [0.3, 0.4) is 0 Å². The van der Waals surface area contributed by atoms with Gasteiger partial charge in [0, 0.05) is 27.3 Å². The Kier molecular flexibility index (Phi) is 4.23. The number of thiophene rings is 1. The van der Waals surface area contributed by atoms with E-state index in [1.807, 2.05) is 11.3 Å². The quantitative estimate of drug-likeness (QED) is 0.828. The molecular weight excluding hydrogens is 270 g/mol. The second-order valence-corrected chi connectivity index (χ2v) is 6.26. The van der Waals surface area contributed by atoms with Crippen molar-refractivity contribution in [3.8, 4) is 0 Å². The molecule has 0 saturated heterocycles. The van der Waals surface area contributed by atoms with Gasteiger partial charge in [-0.05, 0) is 47.2 Å². The average molecular weight is 288 g/mol. The van der Waals surface area contributed by atoms with Gasteiger partial charge in [-0.15, -0.1) is 11.3 Å². The lowest BCUT2D eigenvalue weighted by atomic mass is 10.1.